The Bertz CT molecular complexity index is 627. The van der Waals surface area contributed by atoms with E-state index in [1.54, 1.807) is 12.4 Å². The van der Waals surface area contributed by atoms with Crippen molar-refractivity contribution in [3.8, 4) is 0 Å². The Balaban J connectivity index is 2.17. The van der Waals surface area contributed by atoms with E-state index in [2.05, 4.69) is 30.4 Å². The fourth-order valence-electron chi connectivity index (χ4n) is 2.32. The summed E-state index contributed by atoms with van der Waals surface area (Å²) in [5.41, 5.74) is 6.65. The van der Waals surface area contributed by atoms with Gasteiger partial charge in [0.25, 0.3) is 5.91 Å². The zero-order valence-electron chi connectivity index (χ0n) is 12.6. The maximum absolute atomic E-state index is 12.4. The van der Waals surface area contributed by atoms with Gasteiger partial charge in [-0.25, -0.2) is 0 Å². The Kier molecular flexibility index (Phi) is 5.11. The lowest BCUT2D eigenvalue weighted by molar-refractivity contribution is 0.0954. The number of nitrogen functional groups attached to an aromatic ring is 1. The molecule has 6 heteroatoms. The van der Waals surface area contributed by atoms with Crippen molar-refractivity contribution in [3.63, 3.8) is 0 Å². The molecule has 0 unspecified atom stereocenters. The van der Waals surface area contributed by atoms with E-state index in [1.165, 1.54) is 11.3 Å². The van der Waals surface area contributed by atoms with Gasteiger partial charge >= 0.3 is 0 Å². The van der Waals surface area contributed by atoms with Gasteiger partial charge in [-0.2, -0.15) is 11.8 Å². The number of pyridine rings is 1. The van der Waals surface area contributed by atoms with Crippen molar-refractivity contribution in [1.82, 2.24) is 10.3 Å². The van der Waals surface area contributed by atoms with Crippen molar-refractivity contribution in [1.29, 1.82) is 0 Å². The first-order valence-corrected chi connectivity index (χ1v) is 9.06. The third kappa shape index (κ3) is 3.16. The standard InChI is InChI=1S/C15H21N3OS2/c1-4-15(5-2,20-3)9-18-14(19)13-12(16)10-6-7-17-8-11(10)21-13/h6-8H,4-5,9,16H2,1-3H3,(H,18,19). The Morgan fingerprint density at radius 1 is 1.48 bits per heavy atom. The van der Waals surface area contributed by atoms with Gasteiger partial charge in [-0.3, -0.25) is 9.78 Å². The number of thiophene rings is 1. The number of amides is 1. The van der Waals surface area contributed by atoms with Gasteiger partial charge in [0.2, 0.25) is 0 Å². The van der Waals surface area contributed by atoms with E-state index in [0.29, 0.717) is 17.1 Å². The second-order valence-electron chi connectivity index (χ2n) is 4.99. The van der Waals surface area contributed by atoms with Gasteiger partial charge < -0.3 is 11.1 Å². The highest BCUT2D eigenvalue weighted by Crippen LogP contribution is 2.33. The van der Waals surface area contributed by atoms with Gasteiger partial charge in [-0.05, 0) is 25.2 Å². The highest BCUT2D eigenvalue weighted by Gasteiger charge is 2.26. The fraction of sp³-hybridized carbons (Fsp3) is 0.467. The van der Waals surface area contributed by atoms with Crippen LogP contribution in [0.15, 0.2) is 18.5 Å². The van der Waals surface area contributed by atoms with Crippen LogP contribution in [0, 0.1) is 0 Å². The average Bonchev–Trinajstić information content (AvgIpc) is 2.87. The molecule has 0 aliphatic heterocycles. The largest absolute Gasteiger partial charge is 0.397 e. The first-order valence-electron chi connectivity index (χ1n) is 7.02. The molecule has 0 atom stereocenters. The number of hydrogen-bond donors (Lipinski definition) is 2. The van der Waals surface area contributed by atoms with Crippen LogP contribution in [0.3, 0.4) is 0 Å². The summed E-state index contributed by atoms with van der Waals surface area (Å²) < 4.78 is 1.05. The summed E-state index contributed by atoms with van der Waals surface area (Å²) in [7, 11) is 0. The number of nitrogens with two attached hydrogens (primary N) is 1. The lowest BCUT2D eigenvalue weighted by Gasteiger charge is -2.29. The SMILES string of the molecule is CCC(CC)(CNC(=O)c1sc2cnccc2c1N)SC. The second-order valence-corrected chi connectivity index (χ2v) is 7.32. The molecule has 0 saturated heterocycles. The molecule has 0 saturated carbocycles. The van der Waals surface area contributed by atoms with Crippen molar-refractivity contribution in [2.45, 2.75) is 31.4 Å². The zero-order chi connectivity index (χ0) is 15.5. The van der Waals surface area contributed by atoms with Crippen LogP contribution in [0.25, 0.3) is 10.1 Å². The van der Waals surface area contributed by atoms with Gasteiger partial charge in [0, 0.05) is 29.1 Å². The van der Waals surface area contributed by atoms with E-state index in [4.69, 9.17) is 5.73 Å². The number of rotatable bonds is 6. The Labute approximate surface area is 133 Å². The first kappa shape index (κ1) is 16.1. The van der Waals surface area contributed by atoms with Gasteiger partial charge in [-0.15, -0.1) is 11.3 Å². The van der Waals surface area contributed by atoms with E-state index in [0.717, 1.165) is 22.9 Å². The molecule has 3 N–H and O–H groups in total. The first-order chi connectivity index (χ1) is 10.1. The molecule has 0 aromatic carbocycles. The topological polar surface area (TPSA) is 68.0 Å². The van der Waals surface area contributed by atoms with Crippen LogP contribution in [-0.4, -0.2) is 28.4 Å². The summed E-state index contributed by atoms with van der Waals surface area (Å²) >= 11 is 3.21. The molecule has 0 fully saturated rings. The lowest BCUT2D eigenvalue weighted by atomic mass is 10.0. The third-order valence-corrected chi connectivity index (χ3v) is 6.77. The Morgan fingerprint density at radius 2 is 2.19 bits per heavy atom. The Morgan fingerprint density at radius 3 is 2.76 bits per heavy atom. The molecule has 2 rings (SSSR count). The lowest BCUT2D eigenvalue weighted by Crippen LogP contribution is -2.39. The summed E-state index contributed by atoms with van der Waals surface area (Å²) in [6.45, 7) is 4.98. The Hall–Kier alpha value is -1.27. The van der Waals surface area contributed by atoms with Crippen LogP contribution in [0.1, 0.15) is 36.4 Å². The molecule has 114 valence electrons. The predicted molar refractivity (Wildman–Crippen MR) is 93.2 cm³/mol. The smallest absolute Gasteiger partial charge is 0.263 e. The van der Waals surface area contributed by atoms with Gasteiger partial charge in [-0.1, -0.05) is 13.8 Å². The molecule has 0 aliphatic carbocycles. The molecule has 1 amide bonds. The van der Waals surface area contributed by atoms with Crippen LogP contribution in [-0.2, 0) is 0 Å². The zero-order valence-corrected chi connectivity index (χ0v) is 14.2. The molecule has 2 heterocycles. The number of nitrogens with zero attached hydrogens (tertiary/aromatic N) is 1. The minimum absolute atomic E-state index is 0.0889. The van der Waals surface area contributed by atoms with E-state index in [9.17, 15) is 4.79 Å². The summed E-state index contributed by atoms with van der Waals surface area (Å²) in [6, 6.07) is 1.85. The van der Waals surface area contributed by atoms with E-state index < -0.39 is 0 Å². The van der Waals surface area contributed by atoms with Gasteiger partial charge in [0.15, 0.2) is 0 Å². The van der Waals surface area contributed by atoms with Crippen molar-refractivity contribution < 1.29 is 4.79 Å². The molecule has 4 nitrogen and oxygen atoms in total. The number of hydrogen-bond acceptors (Lipinski definition) is 5. The number of fused-ring (bicyclic) bond motifs is 1. The van der Waals surface area contributed by atoms with Crippen molar-refractivity contribution >= 4 is 44.8 Å². The van der Waals surface area contributed by atoms with Gasteiger partial charge in [0.05, 0.1) is 10.4 Å². The van der Waals surface area contributed by atoms with Crippen LogP contribution in [0.2, 0.25) is 0 Å². The number of carbonyl (C=O) groups is 1. The minimum atomic E-state index is -0.0889. The van der Waals surface area contributed by atoms with Crippen LogP contribution >= 0.6 is 23.1 Å². The van der Waals surface area contributed by atoms with Crippen molar-refractivity contribution in [2.75, 3.05) is 18.5 Å². The number of thioether (sulfide) groups is 1. The summed E-state index contributed by atoms with van der Waals surface area (Å²) in [4.78, 5) is 17.1. The van der Waals surface area contributed by atoms with Gasteiger partial charge in [0.1, 0.15) is 4.88 Å². The molecule has 2 aromatic heterocycles. The molecule has 0 spiro atoms. The van der Waals surface area contributed by atoms with Crippen LogP contribution < -0.4 is 11.1 Å². The fourth-order valence-corrected chi connectivity index (χ4v) is 4.12. The molecule has 0 aliphatic rings. The molecule has 0 radical (unpaired) electrons. The number of anilines is 1. The van der Waals surface area contributed by atoms with Crippen molar-refractivity contribution in [3.05, 3.63) is 23.3 Å². The summed E-state index contributed by atoms with van der Waals surface area (Å²) in [5.74, 6) is -0.0889. The van der Waals surface area contributed by atoms with Crippen molar-refractivity contribution in [2.24, 2.45) is 0 Å². The monoisotopic (exact) mass is 323 g/mol. The van der Waals surface area contributed by atoms with Crippen LogP contribution in [0.5, 0.6) is 0 Å². The molecule has 21 heavy (non-hydrogen) atoms. The normalized spacial score (nSPS) is 11.8. The molecular formula is C15H21N3OS2. The molecule has 0 bridgehead atoms. The summed E-state index contributed by atoms with van der Waals surface area (Å²) in [6.07, 6.45) is 7.59. The third-order valence-electron chi connectivity index (χ3n) is 4.03. The van der Waals surface area contributed by atoms with E-state index in [-0.39, 0.29) is 10.7 Å². The highest BCUT2D eigenvalue weighted by molar-refractivity contribution is 8.00. The maximum atomic E-state index is 12.4. The molecular weight excluding hydrogens is 302 g/mol. The number of carbonyl (C=O) groups excluding carboxylic acids is 1. The van der Waals surface area contributed by atoms with E-state index in [1.807, 2.05) is 17.8 Å². The number of nitrogens with one attached hydrogen (secondary N) is 1. The number of aromatic nitrogens is 1. The predicted octanol–water partition coefficient (Wildman–Crippen LogP) is 3.53. The second kappa shape index (κ2) is 6.66. The quantitative estimate of drug-likeness (QED) is 0.853. The maximum Gasteiger partial charge on any atom is 0.263 e. The van der Waals surface area contributed by atoms with E-state index >= 15 is 0 Å². The molecule has 2 aromatic rings. The summed E-state index contributed by atoms with van der Waals surface area (Å²) in [5, 5.41) is 3.95. The average molecular weight is 323 g/mol. The minimum Gasteiger partial charge on any atom is -0.397 e. The van der Waals surface area contributed by atoms with Crippen LogP contribution in [0.4, 0.5) is 5.69 Å². The highest BCUT2D eigenvalue weighted by atomic mass is 32.2.